The lowest BCUT2D eigenvalue weighted by Crippen LogP contribution is -2.13. The Morgan fingerprint density at radius 2 is 0.889 bits per heavy atom. The Bertz CT molecular complexity index is 889. The van der Waals surface area contributed by atoms with Crippen molar-refractivity contribution in [1.29, 1.82) is 0 Å². The van der Waals surface area contributed by atoms with Gasteiger partial charge in [0.15, 0.2) is 23.0 Å². The Hall–Kier alpha value is -3.18. The quantitative estimate of drug-likeness (QED) is 0.564. The van der Waals surface area contributed by atoms with Gasteiger partial charge in [-0.05, 0) is 24.3 Å². The van der Waals surface area contributed by atoms with Gasteiger partial charge in [0, 0.05) is 23.6 Å². The van der Waals surface area contributed by atoms with E-state index in [2.05, 4.69) is 9.98 Å². The Morgan fingerprint density at radius 3 is 1.33 bits per heavy atom. The second kappa shape index (κ2) is 16.5. The first-order valence-corrected chi connectivity index (χ1v) is 12.0. The minimum Gasteiger partial charge on any atom is -0.504 e. The van der Waals surface area contributed by atoms with Gasteiger partial charge in [-0.2, -0.15) is 0 Å². The van der Waals surface area contributed by atoms with Crippen molar-refractivity contribution in [3.63, 3.8) is 0 Å². The summed E-state index contributed by atoms with van der Waals surface area (Å²) in [6.45, 7) is 4.73. The van der Waals surface area contributed by atoms with E-state index in [1.807, 2.05) is 0 Å². The number of benzene rings is 2. The number of aromatic hydroxyl groups is 2. The number of para-hydroxylation sites is 2. The van der Waals surface area contributed by atoms with Crippen LogP contribution in [0.4, 0.5) is 0 Å². The van der Waals surface area contributed by atoms with E-state index >= 15 is 0 Å². The van der Waals surface area contributed by atoms with E-state index in [4.69, 9.17) is 28.4 Å². The van der Waals surface area contributed by atoms with E-state index in [0.717, 1.165) is 0 Å². The van der Waals surface area contributed by atoms with E-state index in [0.29, 0.717) is 88.6 Å². The molecule has 0 spiro atoms. The zero-order valence-electron chi connectivity index (χ0n) is 20.3. The van der Waals surface area contributed by atoms with E-state index in [1.165, 1.54) is 0 Å². The van der Waals surface area contributed by atoms with Gasteiger partial charge in [-0.1, -0.05) is 12.1 Å². The molecule has 10 nitrogen and oxygen atoms in total. The van der Waals surface area contributed by atoms with Crippen molar-refractivity contribution in [2.24, 2.45) is 9.98 Å². The predicted octanol–water partition coefficient (Wildman–Crippen LogP) is 2.47. The zero-order chi connectivity index (χ0) is 25.3. The van der Waals surface area contributed by atoms with Gasteiger partial charge >= 0.3 is 0 Å². The molecule has 4 bridgehead atoms. The normalized spacial score (nSPS) is 17.8. The van der Waals surface area contributed by atoms with E-state index in [-0.39, 0.29) is 24.7 Å². The topological polar surface area (TPSA) is 121 Å². The van der Waals surface area contributed by atoms with Crippen molar-refractivity contribution in [1.82, 2.24) is 0 Å². The number of fused-ring (bicyclic) bond motifs is 4. The second-order valence-corrected chi connectivity index (χ2v) is 7.60. The molecule has 2 N–H and O–H groups in total. The van der Waals surface area contributed by atoms with Gasteiger partial charge in [-0.3, -0.25) is 9.98 Å². The summed E-state index contributed by atoms with van der Waals surface area (Å²) in [7, 11) is 0. The third kappa shape index (κ3) is 9.82. The van der Waals surface area contributed by atoms with Crippen molar-refractivity contribution >= 4 is 12.4 Å². The molecule has 0 aromatic heterocycles. The fourth-order valence-corrected chi connectivity index (χ4v) is 3.15. The van der Waals surface area contributed by atoms with Gasteiger partial charge in [0.2, 0.25) is 0 Å². The van der Waals surface area contributed by atoms with Gasteiger partial charge in [-0.15, -0.1) is 0 Å². The highest BCUT2D eigenvalue weighted by Gasteiger charge is 2.08. The number of phenols is 2. The highest BCUT2D eigenvalue weighted by Crippen LogP contribution is 2.29. The number of phenolic OH excluding ortho intramolecular Hbond substituents is 2. The van der Waals surface area contributed by atoms with E-state index < -0.39 is 0 Å². The van der Waals surface area contributed by atoms with Gasteiger partial charge < -0.3 is 38.6 Å². The maximum atomic E-state index is 10.4. The van der Waals surface area contributed by atoms with Crippen molar-refractivity contribution in [3.05, 3.63) is 47.5 Å². The maximum absolute atomic E-state index is 10.4. The van der Waals surface area contributed by atoms with Gasteiger partial charge in [0.05, 0.1) is 65.9 Å². The van der Waals surface area contributed by atoms with E-state index in [1.54, 1.807) is 48.8 Å². The highest BCUT2D eigenvalue weighted by atomic mass is 16.6. The molecule has 3 rings (SSSR count). The molecule has 1 aliphatic heterocycles. The highest BCUT2D eigenvalue weighted by molar-refractivity contribution is 5.85. The molecule has 1 heterocycles. The first-order chi connectivity index (χ1) is 17.8. The molecule has 0 saturated heterocycles. The Kier molecular flexibility index (Phi) is 12.6. The van der Waals surface area contributed by atoms with E-state index in [9.17, 15) is 10.2 Å². The predicted molar refractivity (Wildman–Crippen MR) is 135 cm³/mol. The molecule has 0 amide bonds. The number of ether oxygens (including phenoxy) is 6. The summed E-state index contributed by atoms with van der Waals surface area (Å²) in [5.74, 6) is 0.806. The largest absolute Gasteiger partial charge is 0.504 e. The molecule has 0 unspecified atom stereocenters. The molecule has 2 aromatic carbocycles. The fraction of sp³-hybridized carbons (Fsp3) is 0.462. The summed E-state index contributed by atoms with van der Waals surface area (Å²) in [5.41, 5.74) is 1.14. The lowest BCUT2D eigenvalue weighted by molar-refractivity contribution is 0.0269. The Labute approximate surface area is 211 Å². The summed E-state index contributed by atoms with van der Waals surface area (Å²) in [4.78, 5) is 8.59. The SMILES string of the molecule is Oc1c2cccc1OCCOCCOCCOc1cccc(c1O)C=NCCOCCOCCN=C2. The average molecular weight is 503 g/mol. The average Bonchev–Trinajstić information content (AvgIpc) is 2.88. The third-order valence-corrected chi connectivity index (χ3v) is 4.97. The molecule has 2 aromatic rings. The van der Waals surface area contributed by atoms with Crippen LogP contribution < -0.4 is 9.47 Å². The van der Waals surface area contributed by atoms with Crippen molar-refractivity contribution in [3.8, 4) is 23.0 Å². The summed E-state index contributed by atoms with van der Waals surface area (Å²) >= 11 is 0. The van der Waals surface area contributed by atoms with Crippen LogP contribution in [0.25, 0.3) is 0 Å². The molecule has 36 heavy (non-hydrogen) atoms. The van der Waals surface area contributed by atoms with Crippen LogP contribution in [0.1, 0.15) is 11.1 Å². The van der Waals surface area contributed by atoms with Crippen LogP contribution >= 0.6 is 0 Å². The van der Waals surface area contributed by atoms with Crippen LogP contribution in [0.5, 0.6) is 23.0 Å². The van der Waals surface area contributed by atoms with Crippen LogP contribution in [0, 0.1) is 0 Å². The van der Waals surface area contributed by atoms with Gasteiger partial charge in [-0.25, -0.2) is 0 Å². The first-order valence-electron chi connectivity index (χ1n) is 12.0. The van der Waals surface area contributed by atoms with Gasteiger partial charge in [0.25, 0.3) is 0 Å². The summed E-state index contributed by atoms with van der Waals surface area (Å²) < 4.78 is 33.3. The standard InChI is InChI=1S/C26H34N2O8/c29-25-21-3-1-5-23(25)35-17-15-33-13-14-34-16-18-36-24-6-2-4-22(26(24)30)20-28-8-10-32-12-11-31-9-7-27-19-21/h1-6,19-20,29-30H,7-18H2. The smallest absolute Gasteiger partial charge is 0.166 e. The van der Waals surface area contributed by atoms with Crippen molar-refractivity contribution in [2.75, 3.05) is 79.2 Å². The third-order valence-electron chi connectivity index (χ3n) is 4.97. The Morgan fingerprint density at radius 1 is 0.500 bits per heavy atom. The molecule has 0 aliphatic carbocycles. The molecular formula is C26H34N2O8. The zero-order valence-corrected chi connectivity index (χ0v) is 20.3. The molecule has 10 heteroatoms. The number of rotatable bonds is 0. The van der Waals surface area contributed by atoms with Gasteiger partial charge in [0.1, 0.15) is 13.2 Å². The molecule has 0 atom stereocenters. The molecule has 1 aliphatic rings. The number of aliphatic imine (C=N–C) groups is 2. The van der Waals surface area contributed by atoms with Crippen LogP contribution in [0.15, 0.2) is 46.4 Å². The summed E-state index contributed by atoms with van der Waals surface area (Å²) in [6.07, 6.45) is 3.19. The molecular weight excluding hydrogens is 468 g/mol. The van der Waals surface area contributed by atoms with Crippen LogP contribution in [-0.4, -0.2) is 102 Å². The first kappa shape index (κ1) is 27.4. The van der Waals surface area contributed by atoms with Crippen LogP contribution in [-0.2, 0) is 18.9 Å². The minimum atomic E-state index is 0.0336. The number of hydrogen-bond donors (Lipinski definition) is 2. The minimum absolute atomic E-state index is 0.0336. The molecule has 196 valence electrons. The summed E-state index contributed by atoms with van der Waals surface area (Å²) in [5, 5.41) is 20.8. The number of nitrogens with zero attached hydrogens (tertiary/aromatic N) is 2. The summed E-state index contributed by atoms with van der Waals surface area (Å²) in [6, 6.07) is 10.5. The Balaban J connectivity index is 1.50. The fourth-order valence-electron chi connectivity index (χ4n) is 3.15. The van der Waals surface area contributed by atoms with Crippen LogP contribution in [0.2, 0.25) is 0 Å². The number of hydrogen-bond acceptors (Lipinski definition) is 10. The van der Waals surface area contributed by atoms with Crippen molar-refractivity contribution in [2.45, 2.75) is 0 Å². The molecule has 0 fully saturated rings. The molecule has 0 radical (unpaired) electrons. The van der Waals surface area contributed by atoms with Crippen LogP contribution in [0.3, 0.4) is 0 Å². The molecule has 0 saturated carbocycles. The lowest BCUT2D eigenvalue weighted by Gasteiger charge is -2.11. The maximum Gasteiger partial charge on any atom is 0.166 e. The van der Waals surface area contributed by atoms with Crippen molar-refractivity contribution < 1.29 is 38.6 Å². The lowest BCUT2D eigenvalue weighted by atomic mass is 10.2. The monoisotopic (exact) mass is 502 g/mol. The second-order valence-electron chi connectivity index (χ2n) is 7.60.